The third-order valence-electron chi connectivity index (χ3n) is 4.64. The van der Waals surface area contributed by atoms with E-state index in [9.17, 15) is 5.11 Å². The summed E-state index contributed by atoms with van der Waals surface area (Å²) >= 11 is 0. The summed E-state index contributed by atoms with van der Waals surface area (Å²) < 4.78 is 0. The molecule has 3 rings (SSSR count). The van der Waals surface area contributed by atoms with Crippen LogP contribution in [0.1, 0.15) is 43.0 Å². The van der Waals surface area contributed by atoms with E-state index in [0.29, 0.717) is 6.42 Å². The second kappa shape index (κ2) is 7.45. The molecule has 3 nitrogen and oxygen atoms in total. The molecule has 0 radical (unpaired) electrons. The number of nitrogens with one attached hydrogen (secondary N) is 1. The minimum Gasteiger partial charge on any atom is -0.393 e. The van der Waals surface area contributed by atoms with Gasteiger partial charge < -0.3 is 10.1 Å². The van der Waals surface area contributed by atoms with E-state index < -0.39 is 5.41 Å². The normalized spacial score (nSPS) is 14.9. The van der Waals surface area contributed by atoms with Gasteiger partial charge in [0.05, 0.1) is 11.5 Å². The van der Waals surface area contributed by atoms with Crippen LogP contribution in [0.3, 0.4) is 0 Å². The number of hydrogen-bond acceptors (Lipinski definition) is 2. The topological polar surface area (TPSA) is 48.9 Å². The van der Waals surface area contributed by atoms with Gasteiger partial charge in [-0.1, -0.05) is 49.7 Å². The van der Waals surface area contributed by atoms with Crippen LogP contribution in [-0.4, -0.2) is 21.2 Å². The number of benzene rings is 1. The lowest BCUT2D eigenvalue weighted by atomic mass is 9.68. The maximum atomic E-state index is 10.7. The van der Waals surface area contributed by atoms with Crippen LogP contribution in [-0.2, 0) is 5.41 Å². The maximum Gasteiger partial charge on any atom is 0.0641 e. The highest BCUT2D eigenvalue weighted by atomic mass is 16.3. The molecule has 3 heteroatoms. The Bertz CT molecular complexity index is 684. The van der Waals surface area contributed by atoms with Crippen LogP contribution in [0.15, 0.2) is 73.2 Å². The van der Waals surface area contributed by atoms with Crippen LogP contribution in [0.5, 0.6) is 0 Å². The molecule has 0 spiro atoms. The number of rotatable bonds is 7. The molecule has 3 aromatic rings. The molecule has 24 heavy (non-hydrogen) atoms. The molecule has 0 fully saturated rings. The fourth-order valence-corrected chi connectivity index (χ4v) is 3.55. The summed E-state index contributed by atoms with van der Waals surface area (Å²) in [5.41, 5.74) is 2.90. The van der Waals surface area contributed by atoms with E-state index in [-0.39, 0.29) is 6.10 Å². The Morgan fingerprint density at radius 3 is 2.46 bits per heavy atom. The van der Waals surface area contributed by atoms with Gasteiger partial charge in [-0.15, -0.1) is 0 Å². The Morgan fingerprint density at radius 1 is 1.04 bits per heavy atom. The Labute approximate surface area is 143 Å². The fraction of sp³-hybridized carbons (Fsp3) is 0.286. The summed E-state index contributed by atoms with van der Waals surface area (Å²) in [5, 5.41) is 10.7. The number of aliphatic hydroxyl groups is 1. The van der Waals surface area contributed by atoms with Crippen molar-refractivity contribution in [3.63, 3.8) is 0 Å². The first kappa shape index (κ1) is 16.5. The zero-order valence-electron chi connectivity index (χ0n) is 14.0. The molecular weight excluding hydrogens is 296 g/mol. The highest BCUT2D eigenvalue weighted by Crippen LogP contribution is 2.42. The van der Waals surface area contributed by atoms with E-state index in [1.54, 1.807) is 6.20 Å². The molecule has 0 aliphatic rings. The Kier molecular flexibility index (Phi) is 5.11. The SMILES string of the molecule is CCCC(O)CC(c1ccccc1)(c1cccnc1)c1ccc[nH]1. The second-order valence-electron chi connectivity index (χ2n) is 6.24. The second-order valence-corrected chi connectivity index (χ2v) is 6.24. The average molecular weight is 320 g/mol. The van der Waals surface area contributed by atoms with Crippen molar-refractivity contribution in [2.75, 3.05) is 0 Å². The molecule has 2 aromatic heterocycles. The molecular formula is C21H24N2O. The first-order valence-electron chi connectivity index (χ1n) is 8.55. The van der Waals surface area contributed by atoms with Crippen molar-refractivity contribution in [3.8, 4) is 0 Å². The Hall–Kier alpha value is -2.39. The number of pyridine rings is 1. The molecule has 0 aliphatic heterocycles. The largest absolute Gasteiger partial charge is 0.393 e. The highest BCUT2D eigenvalue weighted by Gasteiger charge is 2.39. The highest BCUT2D eigenvalue weighted by molar-refractivity contribution is 5.47. The van der Waals surface area contributed by atoms with Gasteiger partial charge in [0.2, 0.25) is 0 Å². The zero-order valence-corrected chi connectivity index (χ0v) is 14.0. The van der Waals surface area contributed by atoms with Gasteiger partial charge in [-0.3, -0.25) is 4.98 Å². The summed E-state index contributed by atoms with van der Waals surface area (Å²) in [6.45, 7) is 2.10. The van der Waals surface area contributed by atoms with Crippen LogP contribution in [0.25, 0.3) is 0 Å². The van der Waals surface area contributed by atoms with Crippen molar-refractivity contribution in [1.29, 1.82) is 0 Å². The van der Waals surface area contributed by atoms with E-state index in [1.807, 2.05) is 30.6 Å². The van der Waals surface area contributed by atoms with Gasteiger partial charge in [0.15, 0.2) is 0 Å². The number of hydrogen-bond donors (Lipinski definition) is 2. The van der Waals surface area contributed by atoms with Gasteiger partial charge >= 0.3 is 0 Å². The van der Waals surface area contributed by atoms with Crippen molar-refractivity contribution in [1.82, 2.24) is 9.97 Å². The van der Waals surface area contributed by atoms with E-state index in [4.69, 9.17) is 0 Å². The summed E-state index contributed by atoms with van der Waals surface area (Å²) in [6.07, 6.45) is 7.63. The Morgan fingerprint density at radius 2 is 1.83 bits per heavy atom. The predicted molar refractivity (Wildman–Crippen MR) is 96.9 cm³/mol. The lowest BCUT2D eigenvalue weighted by Gasteiger charge is -2.36. The average Bonchev–Trinajstić information content (AvgIpc) is 3.16. The van der Waals surface area contributed by atoms with Crippen molar-refractivity contribution in [2.45, 2.75) is 37.7 Å². The molecule has 1 aromatic carbocycles. The first-order chi connectivity index (χ1) is 11.8. The van der Waals surface area contributed by atoms with Gasteiger partial charge in [-0.2, -0.15) is 0 Å². The van der Waals surface area contributed by atoms with Crippen molar-refractivity contribution in [2.24, 2.45) is 0 Å². The minimum absolute atomic E-state index is 0.376. The fourth-order valence-electron chi connectivity index (χ4n) is 3.55. The smallest absolute Gasteiger partial charge is 0.0641 e. The van der Waals surface area contributed by atoms with E-state index in [1.165, 1.54) is 0 Å². The van der Waals surface area contributed by atoms with Gasteiger partial charge in [0.25, 0.3) is 0 Å². The molecule has 0 saturated carbocycles. The monoisotopic (exact) mass is 320 g/mol. The number of H-pyrrole nitrogens is 1. The molecule has 2 N–H and O–H groups in total. The molecule has 0 amide bonds. The number of aliphatic hydroxyl groups excluding tert-OH is 1. The van der Waals surface area contributed by atoms with E-state index in [2.05, 4.69) is 53.3 Å². The molecule has 2 unspecified atom stereocenters. The third-order valence-corrected chi connectivity index (χ3v) is 4.64. The van der Waals surface area contributed by atoms with Gasteiger partial charge in [0, 0.05) is 24.3 Å². The predicted octanol–water partition coefficient (Wildman–Crippen LogP) is 4.30. The summed E-state index contributed by atoms with van der Waals surface area (Å²) in [4.78, 5) is 7.73. The zero-order chi connectivity index (χ0) is 16.8. The molecule has 0 aliphatic carbocycles. The summed E-state index contributed by atoms with van der Waals surface area (Å²) in [6, 6.07) is 18.6. The van der Waals surface area contributed by atoms with Gasteiger partial charge in [-0.25, -0.2) is 0 Å². The number of aromatic amines is 1. The molecule has 124 valence electrons. The van der Waals surface area contributed by atoms with Crippen molar-refractivity contribution in [3.05, 3.63) is 90.0 Å². The van der Waals surface area contributed by atoms with Crippen LogP contribution >= 0.6 is 0 Å². The number of aromatic nitrogens is 2. The molecule has 2 atom stereocenters. The lowest BCUT2D eigenvalue weighted by Crippen LogP contribution is -2.34. The first-order valence-corrected chi connectivity index (χ1v) is 8.55. The van der Waals surface area contributed by atoms with Gasteiger partial charge in [-0.05, 0) is 42.2 Å². The van der Waals surface area contributed by atoms with Crippen LogP contribution < -0.4 is 0 Å². The number of nitrogens with zero attached hydrogens (tertiary/aromatic N) is 1. The van der Waals surface area contributed by atoms with Crippen molar-refractivity contribution >= 4 is 0 Å². The van der Waals surface area contributed by atoms with E-state index in [0.717, 1.165) is 29.7 Å². The van der Waals surface area contributed by atoms with Crippen LogP contribution in [0.2, 0.25) is 0 Å². The van der Waals surface area contributed by atoms with Crippen molar-refractivity contribution < 1.29 is 5.11 Å². The maximum absolute atomic E-state index is 10.7. The molecule has 2 heterocycles. The lowest BCUT2D eigenvalue weighted by molar-refractivity contribution is 0.136. The molecule has 0 bridgehead atoms. The quantitative estimate of drug-likeness (QED) is 0.682. The standard InChI is InChI=1S/C21H24N2O/c1-2-8-19(24)15-21(20-12-7-14-23-20,17-9-4-3-5-10-17)18-11-6-13-22-16-18/h3-7,9-14,16,19,23-24H,2,8,15H2,1H3. The minimum atomic E-state index is -0.437. The Balaban J connectivity index is 2.21. The molecule has 0 saturated heterocycles. The van der Waals surface area contributed by atoms with Crippen LogP contribution in [0.4, 0.5) is 0 Å². The summed E-state index contributed by atoms with van der Waals surface area (Å²) in [5.74, 6) is 0. The van der Waals surface area contributed by atoms with E-state index >= 15 is 0 Å². The van der Waals surface area contributed by atoms with Crippen LogP contribution in [0, 0.1) is 0 Å². The third kappa shape index (κ3) is 3.13. The summed E-state index contributed by atoms with van der Waals surface area (Å²) in [7, 11) is 0. The van der Waals surface area contributed by atoms with Gasteiger partial charge in [0.1, 0.15) is 0 Å².